The highest BCUT2D eigenvalue weighted by Crippen LogP contribution is 2.27. The number of hydrogen-bond acceptors (Lipinski definition) is 4. The maximum absolute atomic E-state index is 12.6. The normalized spacial score (nSPS) is 18.5. The molecule has 4 rings (SSSR count). The van der Waals surface area contributed by atoms with Crippen molar-refractivity contribution in [2.75, 3.05) is 13.1 Å². The van der Waals surface area contributed by atoms with Crippen LogP contribution in [0, 0.1) is 0 Å². The van der Waals surface area contributed by atoms with E-state index in [4.69, 9.17) is 0 Å². The molecule has 1 aliphatic heterocycles. The van der Waals surface area contributed by atoms with Crippen LogP contribution in [0.5, 0.6) is 0 Å². The van der Waals surface area contributed by atoms with E-state index in [1.54, 1.807) is 23.3 Å². The molecule has 4 heterocycles. The van der Waals surface area contributed by atoms with Gasteiger partial charge in [0.15, 0.2) is 5.65 Å². The molecular weight excluding hydrogens is 292 g/mol. The standard InChI is InChI=1S/C16H18N6O/c1-21-9-14(17-10-21)16(23)22-6-2-3-12(8-22)13-5-4-11-7-18-20-15(11)19-13/h4-5,7,9-10,12H,2-3,6,8H2,1H3,(H,18,19,20). The van der Waals surface area contributed by atoms with Gasteiger partial charge in [-0.1, -0.05) is 0 Å². The number of amides is 1. The van der Waals surface area contributed by atoms with Crippen molar-refractivity contribution in [3.05, 3.63) is 42.2 Å². The predicted molar refractivity (Wildman–Crippen MR) is 85.0 cm³/mol. The average Bonchev–Trinajstić information content (AvgIpc) is 3.22. The lowest BCUT2D eigenvalue weighted by molar-refractivity contribution is 0.0700. The number of likely N-dealkylation sites (tertiary alicyclic amines) is 1. The first-order valence-corrected chi connectivity index (χ1v) is 7.78. The highest BCUT2D eigenvalue weighted by atomic mass is 16.2. The van der Waals surface area contributed by atoms with Gasteiger partial charge in [0.25, 0.3) is 5.91 Å². The highest BCUT2D eigenvalue weighted by molar-refractivity contribution is 5.92. The SMILES string of the molecule is Cn1cnc(C(=O)N2CCCC(c3ccc4cn[nH]c4n3)C2)c1. The zero-order chi connectivity index (χ0) is 15.8. The molecule has 0 radical (unpaired) electrons. The summed E-state index contributed by atoms with van der Waals surface area (Å²) in [4.78, 5) is 23.3. The number of aromatic amines is 1. The number of hydrogen-bond donors (Lipinski definition) is 1. The van der Waals surface area contributed by atoms with Crippen LogP contribution in [-0.2, 0) is 7.05 Å². The van der Waals surface area contributed by atoms with E-state index in [0.717, 1.165) is 36.1 Å². The molecular formula is C16H18N6O. The van der Waals surface area contributed by atoms with Gasteiger partial charge in [-0.3, -0.25) is 9.89 Å². The maximum atomic E-state index is 12.6. The molecule has 1 fully saturated rings. The first-order valence-electron chi connectivity index (χ1n) is 7.78. The van der Waals surface area contributed by atoms with Crippen LogP contribution in [0.3, 0.4) is 0 Å². The minimum Gasteiger partial charge on any atom is -0.340 e. The third-order valence-corrected chi connectivity index (χ3v) is 4.37. The molecule has 1 N–H and O–H groups in total. The zero-order valence-corrected chi connectivity index (χ0v) is 12.9. The molecule has 1 atom stereocenters. The molecule has 118 valence electrons. The van der Waals surface area contributed by atoms with Gasteiger partial charge in [-0.05, 0) is 25.0 Å². The Morgan fingerprint density at radius 1 is 1.39 bits per heavy atom. The van der Waals surface area contributed by atoms with Crippen molar-refractivity contribution in [1.29, 1.82) is 0 Å². The Morgan fingerprint density at radius 2 is 2.30 bits per heavy atom. The number of aryl methyl sites for hydroxylation is 1. The molecule has 0 aromatic carbocycles. The van der Waals surface area contributed by atoms with Crippen LogP contribution in [0.4, 0.5) is 0 Å². The van der Waals surface area contributed by atoms with Crippen molar-refractivity contribution in [3.8, 4) is 0 Å². The molecule has 0 saturated carbocycles. The third-order valence-electron chi connectivity index (χ3n) is 4.37. The topological polar surface area (TPSA) is 79.7 Å². The van der Waals surface area contributed by atoms with E-state index in [2.05, 4.69) is 20.2 Å². The molecule has 1 aliphatic rings. The van der Waals surface area contributed by atoms with E-state index in [-0.39, 0.29) is 11.8 Å². The number of imidazole rings is 1. The molecule has 0 bridgehead atoms. The third kappa shape index (κ3) is 2.58. The Kier molecular flexibility index (Phi) is 3.33. The number of H-pyrrole nitrogens is 1. The Morgan fingerprint density at radius 3 is 3.13 bits per heavy atom. The van der Waals surface area contributed by atoms with Gasteiger partial charge in [0.2, 0.25) is 0 Å². The molecule has 7 nitrogen and oxygen atoms in total. The lowest BCUT2D eigenvalue weighted by Crippen LogP contribution is -2.39. The summed E-state index contributed by atoms with van der Waals surface area (Å²) in [6.07, 6.45) is 7.21. The Hall–Kier alpha value is -2.70. The van der Waals surface area contributed by atoms with Crippen LogP contribution in [0.1, 0.15) is 34.9 Å². The fraction of sp³-hybridized carbons (Fsp3) is 0.375. The second-order valence-corrected chi connectivity index (χ2v) is 6.06. The number of carbonyl (C=O) groups is 1. The van der Waals surface area contributed by atoms with Gasteiger partial charge < -0.3 is 9.47 Å². The van der Waals surface area contributed by atoms with E-state index >= 15 is 0 Å². The maximum Gasteiger partial charge on any atom is 0.274 e. The first kappa shape index (κ1) is 13.9. The van der Waals surface area contributed by atoms with Crippen molar-refractivity contribution in [1.82, 2.24) is 29.6 Å². The molecule has 7 heteroatoms. The number of pyridine rings is 1. The number of nitrogens with zero attached hydrogens (tertiary/aromatic N) is 5. The Bertz CT molecular complexity index is 851. The lowest BCUT2D eigenvalue weighted by atomic mass is 9.94. The fourth-order valence-electron chi connectivity index (χ4n) is 3.16. The van der Waals surface area contributed by atoms with Gasteiger partial charge in [-0.2, -0.15) is 5.10 Å². The van der Waals surface area contributed by atoms with Crippen LogP contribution < -0.4 is 0 Å². The zero-order valence-electron chi connectivity index (χ0n) is 12.9. The summed E-state index contributed by atoms with van der Waals surface area (Å²) < 4.78 is 1.79. The quantitative estimate of drug-likeness (QED) is 0.781. The Balaban J connectivity index is 1.55. The number of piperidine rings is 1. The van der Waals surface area contributed by atoms with Gasteiger partial charge in [-0.25, -0.2) is 9.97 Å². The first-order chi connectivity index (χ1) is 11.2. The number of nitrogens with one attached hydrogen (secondary N) is 1. The molecule has 3 aromatic heterocycles. The summed E-state index contributed by atoms with van der Waals surface area (Å²) in [5.74, 6) is 0.252. The molecule has 0 spiro atoms. The van der Waals surface area contributed by atoms with E-state index in [1.165, 1.54) is 0 Å². The van der Waals surface area contributed by atoms with Crippen molar-refractivity contribution in [3.63, 3.8) is 0 Å². The van der Waals surface area contributed by atoms with Crippen LogP contribution in [-0.4, -0.2) is 48.6 Å². The predicted octanol–water partition coefficient (Wildman–Crippen LogP) is 1.71. The fourth-order valence-corrected chi connectivity index (χ4v) is 3.16. The second kappa shape index (κ2) is 5.49. The van der Waals surface area contributed by atoms with E-state index < -0.39 is 0 Å². The van der Waals surface area contributed by atoms with Crippen LogP contribution in [0.25, 0.3) is 11.0 Å². The minimum atomic E-state index is -0.00193. The number of carbonyl (C=O) groups excluding carboxylic acids is 1. The molecule has 1 unspecified atom stereocenters. The Labute approximate surface area is 133 Å². The minimum absolute atomic E-state index is 0.00193. The molecule has 3 aromatic rings. The second-order valence-electron chi connectivity index (χ2n) is 6.06. The molecule has 1 amide bonds. The summed E-state index contributed by atoms with van der Waals surface area (Å²) in [5.41, 5.74) is 2.32. The highest BCUT2D eigenvalue weighted by Gasteiger charge is 2.27. The van der Waals surface area contributed by atoms with Crippen LogP contribution in [0.2, 0.25) is 0 Å². The van der Waals surface area contributed by atoms with Crippen molar-refractivity contribution in [2.45, 2.75) is 18.8 Å². The number of fused-ring (bicyclic) bond motifs is 1. The molecule has 1 saturated heterocycles. The number of aromatic nitrogens is 5. The van der Waals surface area contributed by atoms with E-state index in [9.17, 15) is 4.79 Å². The van der Waals surface area contributed by atoms with E-state index in [0.29, 0.717) is 12.2 Å². The van der Waals surface area contributed by atoms with Crippen LogP contribution >= 0.6 is 0 Å². The van der Waals surface area contributed by atoms with Crippen molar-refractivity contribution >= 4 is 16.9 Å². The number of rotatable bonds is 2. The summed E-state index contributed by atoms with van der Waals surface area (Å²) in [6, 6.07) is 4.07. The molecule has 23 heavy (non-hydrogen) atoms. The van der Waals surface area contributed by atoms with Gasteiger partial charge in [0.05, 0.1) is 12.5 Å². The van der Waals surface area contributed by atoms with E-state index in [1.807, 2.05) is 24.1 Å². The average molecular weight is 310 g/mol. The smallest absolute Gasteiger partial charge is 0.274 e. The summed E-state index contributed by atoms with van der Waals surface area (Å²) in [5, 5.41) is 7.92. The largest absolute Gasteiger partial charge is 0.340 e. The monoisotopic (exact) mass is 310 g/mol. The van der Waals surface area contributed by atoms with Crippen LogP contribution in [0.15, 0.2) is 30.9 Å². The lowest BCUT2D eigenvalue weighted by Gasteiger charge is -2.32. The van der Waals surface area contributed by atoms with Crippen molar-refractivity contribution < 1.29 is 4.79 Å². The van der Waals surface area contributed by atoms with Gasteiger partial charge >= 0.3 is 0 Å². The summed E-state index contributed by atoms with van der Waals surface area (Å²) >= 11 is 0. The van der Waals surface area contributed by atoms with Gasteiger partial charge in [-0.15, -0.1) is 0 Å². The van der Waals surface area contributed by atoms with Crippen molar-refractivity contribution in [2.24, 2.45) is 7.05 Å². The van der Waals surface area contributed by atoms with Gasteiger partial charge in [0, 0.05) is 43.3 Å². The summed E-state index contributed by atoms with van der Waals surface area (Å²) in [6.45, 7) is 1.46. The summed E-state index contributed by atoms with van der Waals surface area (Å²) in [7, 11) is 1.87. The van der Waals surface area contributed by atoms with Gasteiger partial charge in [0.1, 0.15) is 5.69 Å². The molecule has 0 aliphatic carbocycles.